The third kappa shape index (κ3) is 2.05. The fraction of sp³-hybridized carbons (Fsp3) is 0.214. The highest BCUT2D eigenvalue weighted by molar-refractivity contribution is 5.63. The van der Waals surface area contributed by atoms with Gasteiger partial charge in [0.1, 0.15) is 0 Å². The van der Waals surface area contributed by atoms with Crippen molar-refractivity contribution in [3.05, 3.63) is 47.3 Å². The molecule has 2 heterocycles. The lowest BCUT2D eigenvalue weighted by molar-refractivity contribution is 1.05. The molecule has 1 aromatic carbocycles. The van der Waals surface area contributed by atoms with Gasteiger partial charge in [0.15, 0.2) is 5.82 Å². The van der Waals surface area contributed by atoms with Crippen molar-refractivity contribution in [2.75, 3.05) is 11.1 Å². The molecule has 3 N–H and O–H groups in total. The van der Waals surface area contributed by atoms with Gasteiger partial charge in [-0.15, -0.1) is 10.2 Å². The van der Waals surface area contributed by atoms with E-state index in [1.807, 2.05) is 0 Å². The molecule has 0 saturated heterocycles. The van der Waals surface area contributed by atoms with E-state index < -0.39 is 0 Å². The van der Waals surface area contributed by atoms with Crippen molar-refractivity contribution in [2.45, 2.75) is 20.4 Å². The Balaban J connectivity index is 1.89. The number of aryl methyl sites for hydroxylation is 1. The van der Waals surface area contributed by atoms with Gasteiger partial charge in [0.2, 0.25) is 11.6 Å². The van der Waals surface area contributed by atoms with E-state index in [-0.39, 0.29) is 0 Å². The van der Waals surface area contributed by atoms with Gasteiger partial charge in [-0.05, 0) is 30.5 Å². The first-order valence-electron chi connectivity index (χ1n) is 6.41. The number of rotatable bonds is 3. The summed E-state index contributed by atoms with van der Waals surface area (Å²) in [6, 6.07) is 6.27. The van der Waals surface area contributed by atoms with Crippen LogP contribution >= 0.6 is 0 Å². The number of hydrogen-bond donors (Lipinski definition) is 2. The first-order chi connectivity index (χ1) is 9.66. The van der Waals surface area contributed by atoms with Gasteiger partial charge in [-0.1, -0.05) is 18.2 Å². The smallest absolute Gasteiger partial charge is 0.226 e. The average Bonchev–Trinajstić information content (AvgIpc) is 2.83. The number of aromatic nitrogens is 4. The van der Waals surface area contributed by atoms with E-state index in [1.54, 1.807) is 16.8 Å². The standard InChI is InChI=1S/C14H16N6/c1-9-4-3-5-11(10(9)2)8-17-12-13-18-19-14(15)20(13)7-6-16-12/h3-7H,8H2,1-2H3,(H2,15,19)(H,16,17). The zero-order chi connectivity index (χ0) is 14.1. The van der Waals surface area contributed by atoms with Crippen LogP contribution < -0.4 is 11.1 Å². The molecule has 0 unspecified atom stereocenters. The van der Waals surface area contributed by atoms with Gasteiger partial charge in [-0.25, -0.2) is 4.98 Å². The van der Waals surface area contributed by atoms with Crippen molar-refractivity contribution < 1.29 is 0 Å². The summed E-state index contributed by atoms with van der Waals surface area (Å²) in [6.45, 7) is 4.92. The SMILES string of the molecule is Cc1cccc(CNc2nccn3c(N)nnc23)c1C. The molecule has 0 radical (unpaired) electrons. The molecule has 0 fully saturated rings. The molecule has 6 nitrogen and oxygen atoms in total. The average molecular weight is 268 g/mol. The Morgan fingerprint density at radius 3 is 2.95 bits per heavy atom. The number of nitrogens with two attached hydrogens (primary N) is 1. The van der Waals surface area contributed by atoms with Crippen molar-refractivity contribution in [2.24, 2.45) is 0 Å². The predicted molar refractivity (Wildman–Crippen MR) is 78.4 cm³/mol. The lowest BCUT2D eigenvalue weighted by Gasteiger charge is -2.10. The maximum Gasteiger partial charge on any atom is 0.226 e. The van der Waals surface area contributed by atoms with Crippen LogP contribution in [0.1, 0.15) is 16.7 Å². The highest BCUT2D eigenvalue weighted by Crippen LogP contribution is 2.17. The molecule has 0 aliphatic rings. The second-order valence-corrected chi connectivity index (χ2v) is 4.74. The lowest BCUT2D eigenvalue weighted by atomic mass is 10.0. The van der Waals surface area contributed by atoms with Gasteiger partial charge in [-0.2, -0.15) is 0 Å². The van der Waals surface area contributed by atoms with E-state index in [4.69, 9.17) is 5.73 Å². The Labute approximate surface area is 116 Å². The monoisotopic (exact) mass is 268 g/mol. The summed E-state index contributed by atoms with van der Waals surface area (Å²) in [5.74, 6) is 1.04. The van der Waals surface area contributed by atoms with Crippen LogP contribution in [0.2, 0.25) is 0 Å². The number of nitrogens with one attached hydrogen (secondary N) is 1. The number of anilines is 2. The fourth-order valence-electron chi connectivity index (χ4n) is 2.15. The first-order valence-corrected chi connectivity index (χ1v) is 6.41. The maximum absolute atomic E-state index is 5.73. The Morgan fingerprint density at radius 1 is 1.25 bits per heavy atom. The van der Waals surface area contributed by atoms with E-state index in [1.165, 1.54) is 16.7 Å². The summed E-state index contributed by atoms with van der Waals surface area (Å²) in [4.78, 5) is 4.30. The molecule has 3 aromatic rings. The molecule has 0 aliphatic carbocycles. The maximum atomic E-state index is 5.73. The third-order valence-electron chi connectivity index (χ3n) is 3.52. The van der Waals surface area contributed by atoms with Crippen LogP contribution in [-0.4, -0.2) is 19.6 Å². The number of hydrogen-bond acceptors (Lipinski definition) is 5. The van der Waals surface area contributed by atoms with Gasteiger partial charge < -0.3 is 11.1 Å². The number of fused-ring (bicyclic) bond motifs is 1. The quantitative estimate of drug-likeness (QED) is 0.758. The molecule has 3 rings (SSSR count). The number of nitrogen functional groups attached to an aromatic ring is 1. The van der Waals surface area contributed by atoms with Crippen LogP contribution in [0, 0.1) is 13.8 Å². The Kier molecular flexibility index (Phi) is 2.98. The van der Waals surface area contributed by atoms with Crippen LogP contribution in [-0.2, 0) is 6.54 Å². The second-order valence-electron chi connectivity index (χ2n) is 4.74. The van der Waals surface area contributed by atoms with E-state index >= 15 is 0 Å². The zero-order valence-electron chi connectivity index (χ0n) is 11.5. The van der Waals surface area contributed by atoms with E-state index in [0.717, 1.165) is 0 Å². The molecule has 0 spiro atoms. The van der Waals surface area contributed by atoms with Crippen molar-refractivity contribution in [3.8, 4) is 0 Å². The summed E-state index contributed by atoms with van der Waals surface area (Å²) in [5, 5.41) is 11.2. The molecule has 102 valence electrons. The molecule has 2 aromatic heterocycles. The molecule has 0 bridgehead atoms. The van der Waals surface area contributed by atoms with Gasteiger partial charge in [0.05, 0.1) is 0 Å². The van der Waals surface area contributed by atoms with Crippen molar-refractivity contribution in [1.29, 1.82) is 0 Å². The van der Waals surface area contributed by atoms with E-state index in [9.17, 15) is 0 Å². The van der Waals surface area contributed by atoms with Gasteiger partial charge in [-0.3, -0.25) is 4.40 Å². The topological polar surface area (TPSA) is 81.1 Å². The molecule has 0 atom stereocenters. The summed E-state index contributed by atoms with van der Waals surface area (Å²) >= 11 is 0. The number of nitrogens with zero attached hydrogens (tertiary/aromatic N) is 4. The van der Waals surface area contributed by atoms with Crippen LogP contribution in [0.25, 0.3) is 5.65 Å². The summed E-state index contributed by atoms with van der Waals surface area (Å²) in [5.41, 5.74) is 10.2. The summed E-state index contributed by atoms with van der Waals surface area (Å²) < 4.78 is 1.71. The Bertz CT molecular complexity index is 761. The molecule has 0 aliphatic heterocycles. The van der Waals surface area contributed by atoms with E-state index in [0.29, 0.717) is 24.0 Å². The fourth-order valence-corrected chi connectivity index (χ4v) is 2.15. The van der Waals surface area contributed by atoms with Gasteiger partial charge in [0.25, 0.3) is 0 Å². The highest BCUT2D eigenvalue weighted by Gasteiger charge is 2.08. The van der Waals surface area contributed by atoms with Crippen molar-refractivity contribution in [3.63, 3.8) is 0 Å². The first kappa shape index (κ1) is 12.4. The minimum Gasteiger partial charge on any atom is -0.368 e. The molecule has 6 heteroatoms. The third-order valence-corrected chi connectivity index (χ3v) is 3.52. The molecular formula is C14H16N6. The zero-order valence-corrected chi connectivity index (χ0v) is 11.5. The summed E-state index contributed by atoms with van der Waals surface area (Å²) in [6.07, 6.45) is 3.42. The largest absolute Gasteiger partial charge is 0.368 e. The molecule has 20 heavy (non-hydrogen) atoms. The van der Waals surface area contributed by atoms with Gasteiger partial charge >= 0.3 is 0 Å². The van der Waals surface area contributed by atoms with Crippen LogP contribution in [0.15, 0.2) is 30.6 Å². The summed E-state index contributed by atoms with van der Waals surface area (Å²) in [7, 11) is 0. The Morgan fingerprint density at radius 2 is 2.10 bits per heavy atom. The normalized spacial score (nSPS) is 10.9. The number of benzene rings is 1. The molecule has 0 saturated carbocycles. The second kappa shape index (κ2) is 4.80. The molecule has 0 amide bonds. The highest BCUT2D eigenvalue weighted by atomic mass is 15.3. The Hall–Kier alpha value is -2.63. The van der Waals surface area contributed by atoms with Crippen LogP contribution in [0.3, 0.4) is 0 Å². The van der Waals surface area contributed by atoms with Crippen LogP contribution in [0.4, 0.5) is 11.8 Å². The predicted octanol–water partition coefficient (Wildman–Crippen LogP) is 1.94. The lowest BCUT2D eigenvalue weighted by Crippen LogP contribution is -2.06. The van der Waals surface area contributed by atoms with Crippen molar-refractivity contribution >= 4 is 17.4 Å². The van der Waals surface area contributed by atoms with E-state index in [2.05, 4.69) is 52.5 Å². The van der Waals surface area contributed by atoms with Gasteiger partial charge in [0, 0.05) is 18.9 Å². The van der Waals surface area contributed by atoms with Crippen LogP contribution in [0.5, 0.6) is 0 Å². The van der Waals surface area contributed by atoms with Crippen molar-refractivity contribution in [1.82, 2.24) is 19.6 Å². The minimum absolute atomic E-state index is 0.359. The minimum atomic E-state index is 0.359. The molecular weight excluding hydrogens is 252 g/mol.